The van der Waals surface area contributed by atoms with Crippen LogP contribution in [0.1, 0.15) is 90.9 Å². The Morgan fingerprint density at radius 1 is 0.667 bits per heavy atom. The highest BCUT2D eigenvalue weighted by molar-refractivity contribution is 7.81. The molecule has 0 bridgehead atoms. The van der Waals surface area contributed by atoms with Crippen LogP contribution in [0.4, 0.5) is 0 Å². The van der Waals surface area contributed by atoms with Gasteiger partial charge >= 0.3 is 6.95 Å². The van der Waals surface area contributed by atoms with Crippen molar-refractivity contribution in [1.29, 1.82) is 0 Å². The van der Waals surface area contributed by atoms with Crippen molar-refractivity contribution in [2.75, 3.05) is 13.2 Å². The van der Waals surface area contributed by atoms with E-state index in [2.05, 4.69) is 13.8 Å². The number of hydrogen-bond acceptors (Lipinski definition) is 3. The van der Waals surface area contributed by atoms with Crippen molar-refractivity contribution in [3.63, 3.8) is 0 Å². The Kier molecular flexibility index (Phi) is 15.7. The highest BCUT2D eigenvalue weighted by Gasteiger charge is 2.19. The fraction of sp³-hybridized carbons (Fsp3) is 1.00. The third-order valence-corrected chi connectivity index (χ3v) is 5.05. The first-order valence-corrected chi connectivity index (χ1v) is 11.2. The highest BCUT2D eigenvalue weighted by atomic mass is 35.7. The van der Waals surface area contributed by atoms with Gasteiger partial charge in [0, 0.05) is 11.2 Å². The van der Waals surface area contributed by atoms with Crippen molar-refractivity contribution in [2.45, 2.75) is 90.9 Å². The van der Waals surface area contributed by atoms with Crippen LogP contribution in [0, 0.1) is 0 Å². The third kappa shape index (κ3) is 16.6. The lowest BCUT2D eigenvalue weighted by Gasteiger charge is -2.11. The molecule has 3 nitrogen and oxygen atoms in total. The van der Waals surface area contributed by atoms with Crippen LogP contribution in [0.3, 0.4) is 0 Å². The molecular weight excluding hydrogens is 307 g/mol. The van der Waals surface area contributed by atoms with Crippen molar-refractivity contribution >= 4 is 18.2 Å². The molecule has 5 heteroatoms. The van der Waals surface area contributed by atoms with Crippen LogP contribution in [0.2, 0.25) is 0 Å². The molecule has 0 aromatic rings. The Morgan fingerprint density at radius 3 is 1.38 bits per heavy atom. The zero-order valence-electron chi connectivity index (χ0n) is 13.9. The lowest BCUT2D eigenvalue weighted by molar-refractivity contribution is 0.211. The molecule has 0 aliphatic rings. The van der Waals surface area contributed by atoms with Crippen LogP contribution in [-0.4, -0.2) is 13.2 Å². The van der Waals surface area contributed by atoms with Gasteiger partial charge in [0.2, 0.25) is 0 Å². The van der Waals surface area contributed by atoms with E-state index in [1.54, 1.807) is 0 Å². The van der Waals surface area contributed by atoms with E-state index in [0.29, 0.717) is 13.2 Å². The minimum absolute atomic E-state index is 0.434. The van der Waals surface area contributed by atoms with Crippen molar-refractivity contribution < 1.29 is 13.6 Å². The number of unbranched alkanes of at least 4 members (excludes halogenated alkanes) is 10. The summed E-state index contributed by atoms with van der Waals surface area (Å²) in [7, 11) is 0. The normalized spacial score (nSPS) is 12.0. The van der Waals surface area contributed by atoms with Gasteiger partial charge in [-0.3, -0.25) is 9.05 Å². The molecule has 21 heavy (non-hydrogen) atoms. The lowest BCUT2D eigenvalue weighted by atomic mass is 10.1. The Balaban J connectivity index is 3.37. The molecule has 0 aliphatic heterocycles. The monoisotopic (exact) mass is 340 g/mol. The van der Waals surface area contributed by atoms with E-state index in [9.17, 15) is 4.57 Å². The summed E-state index contributed by atoms with van der Waals surface area (Å²) in [5.74, 6) is 0. The summed E-state index contributed by atoms with van der Waals surface area (Å²) in [5.41, 5.74) is 0. The molecule has 0 rings (SSSR count). The largest absolute Gasteiger partial charge is 0.424 e. The highest BCUT2D eigenvalue weighted by Crippen LogP contribution is 2.53. The maximum Gasteiger partial charge on any atom is 0.424 e. The van der Waals surface area contributed by atoms with Gasteiger partial charge < -0.3 is 0 Å². The van der Waals surface area contributed by atoms with Gasteiger partial charge in [-0.15, -0.1) is 0 Å². The number of hydrogen-bond donors (Lipinski definition) is 0. The Morgan fingerprint density at radius 2 is 1.00 bits per heavy atom. The first kappa shape index (κ1) is 21.4. The zero-order chi connectivity index (χ0) is 15.8. The molecule has 0 saturated carbocycles. The number of rotatable bonds is 16. The first-order valence-electron chi connectivity index (χ1n) is 8.71. The van der Waals surface area contributed by atoms with E-state index in [0.717, 1.165) is 25.7 Å². The van der Waals surface area contributed by atoms with Crippen molar-refractivity contribution in [2.24, 2.45) is 0 Å². The fourth-order valence-electron chi connectivity index (χ4n) is 2.15. The van der Waals surface area contributed by atoms with E-state index < -0.39 is 6.95 Å². The molecular formula is C16H34ClO3P. The fourth-order valence-corrected chi connectivity index (χ4v) is 3.33. The molecule has 0 heterocycles. The van der Waals surface area contributed by atoms with Crippen LogP contribution in [0.15, 0.2) is 0 Å². The molecule has 0 amide bonds. The molecule has 0 saturated heterocycles. The van der Waals surface area contributed by atoms with Gasteiger partial charge in [0.05, 0.1) is 13.2 Å². The molecule has 0 aromatic heterocycles. The van der Waals surface area contributed by atoms with E-state index in [1.165, 1.54) is 51.4 Å². The molecule has 0 N–H and O–H groups in total. The van der Waals surface area contributed by atoms with Gasteiger partial charge in [0.15, 0.2) is 0 Å². The second kappa shape index (κ2) is 15.3. The summed E-state index contributed by atoms with van der Waals surface area (Å²) in [5, 5.41) is 0. The summed E-state index contributed by atoms with van der Waals surface area (Å²) in [6.45, 7) is 1.93. The molecule has 0 atom stereocenters. The summed E-state index contributed by atoms with van der Waals surface area (Å²) in [4.78, 5) is 0. The van der Waals surface area contributed by atoms with Crippen LogP contribution in [0.5, 0.6) is 0 Å². The first-order chi connectivity index (χ1) is 10.1. The average molecular weight is 341 g/mol. The molecule has 0 aliphatic carbocycles. The van der Waals surface area contributed by atoms with Gasteiger partial charge in [0.1, 0.15) is 0 Å². The van der Waals surface area contributed by atoms with Crippen LogP contribution >= 0.6 is 18.2 Å². The minimum atomic E-state index is -3.34. The van der Waals surface area contributed by atoms with Gasteiger partial charge in [-0.2, -0.15) is 0 Å². The smallest absolute Gasteiger partial charge is 0.297 e. The maximum absolute atomic E-state index is 11.8. The van der Waals surface area contributed by atoms with E-state index in [1.807, 2.05) is 0 Å². The predicted molar refractivity (Wildman–Crippen MR) is 92.1 cm³/mol. The summed E-state index contributed by atoms with van der Waals surface area (Å²) in [6.07, 6.45) is 14.0. The van der Waals surface area contributed by atoms with E-state index in [4.69, 9.17) is 20.3 Å². The SMILES string of the molecule is CCCCCCCCOP(=O)(Cl)OCCCCCCCC. The molecule has 0 fully saturated rings. The summed E-state index contributed by atoms with van der Waals surface area (Å²) in [6, 6.07) is 0. The summed E-state index contributed by atoms with van der Waals surface area (Å²) >= 11 is 5.77. The van der Waals surface area contributed by atoms with Crippen LogP contribution in [-0.2, 0) is 13.6 Å². The van der Waals surface area contributed by atoms with E-state index >= 15 is 0 Å². The quantitative estimate of drug-likeness (QED) is 0.222. The molecule has 128 valence electrons. The van der Waals surface area contributed by atoms with Crippen molar-refractivity contribution in [3.8, 4) is 0 Å². The predicted octanol–water partition coefficient (Wildman–Crippen LogP) is 7.09. The molecule has 0 radical (unpaired) electrons. The van der Waals surface area contributed by atoms with Crippen LogP contribution < -0.4 is 0 Å². The lowest BCUT2D eigenvalue weighted by Crippen LogP contribution is -1.96. The topological polar surface area (TPSA) is 35.5 Å². The minimum Gasteiger partial charge on any atom is -0.297 e. The molecule has 0 aromatic carbocycles. The molecule has 0 unspecified atom stereocenters. The van der Waals surface area contributed by atoms with Crippen molar-refractivity contribution in [3.05, 3.63) is 0 Å². The molecule has 0 spiro atoms. The second-order valence-corrected chi connectivity index (χ2v) is 8.25. The zero-order valence-corrected chi connectivity index (χ0v) is 15.6. The third-order valence-electron chi connectivity index (χ3n) is 3.49. The van der Waals surface area contributed by atoms with Gasteiger partial charge in [0.25, 0.3) is 0 Å². The van der Waals surface area contributed by atoms with Gasteiger partial charge in [-0.25, -0.2) is 4.57 Å². The summed E-state index contributed by atoms with van der Waals surface area (Å²) < 4.78 is 22.2. The van der Waals surface area contributed by atoms with Crippen LogP contribution in [0.25, 0.3) is 0 Å². The van der Waals surface area contributed by atoms with Crippen molar-refractivity contribution in [1.82, 2.24) is 0 Å². The van der Waals surface area contributed by atoms with Gasteiger partial charge in [-0.1, -0.05) is 78.1 Å². The van der Waals surface area contributed by atoms with E-state index in [-0.39, 0.29) is 0 Å². The van der Waals surface area contributed by atoms with Gasteiger partial charge in [-0.05, 0) is 12.8 Å². The Bertz CT molecular complexity index is 240. The Labute approximate surface area is 136 Å². The average Bonchev–Trinajstić information content (AvgIpc) is 2.45. The standard InChI is InChI=1S/C16H34ClO3P/c1-3-5-7-9-11-13-15-19-21(17,18)20-16-14-12-10-8-6-4-2/h3-16H2,1-2H3. The number of halogens is 1. The maximum atomic E-state index is 11.8. The second-order valence-electron chi connectivity index (χ2n) is 5.63. The Hall–Kier alpha value is 0.440.